The monoisotopic (exact) mass is 654 g/mol. The topological polar surface area (TPSA) is 166 Å². The molecule has 2 aliphatic heterocycles. The highest BCUT2D eigenvalue weighted by atomic mass is 16.7. The Morgan fingerprint density at radius 2 is 1.69 bits per heavy atom. The van der Waals surface area contributed by atoms with Gasteiger partial charge in [0.25, 0.3) is 0 Å². The molecule has 0 radical (unpaired) electrons. The average Bonchev–Trinajstić information content (AvgIpc) is 3.85. The Morgan fingerprint density at radius 3 is 2.42 bits per heavy atom. The van der Waals surface area contributed by atoms with E-state index in [4.69, 9.17) is 32.8 Å². The van der Waals surface area contributed by atoms with Crippen LogP contribution in [0.4, 0.5) is 5.69 Å². The first-order chi connectivity index (χ1) is 23.4. The molecule has 2 aromatic heterocycles. The van der Waals surface area contributed by atoms with Crippen molar-refractivity contribution >= 4 is 22.6 Å². The Bertz CT molecular complexity index is 2120. The van der Waals surface area contributed by atoms with Gasteiger partial charge in [-0.2, -0.15) is 0 Å². The molecular formula is C34H30N4O10. The van der Waals surface area contributed by atoms with Gasteiger partial charge in [0.05, 0.1) is 58.3 Å². The lowest BCUT2D eigenvalue weighted by Crippen LogP contribution is -2.37. The molecule has 0 spiro atoms. The zero-order valence-electron chi connectivity index (χ0n) is 26.1. The van der Waals surface area contributed by atoms with E-state index in [1.165, 1.54) is 20.3 Å². The molecule has 1 fully saturated rings. The van der Waals surface area contributed by atoms with E-state index in [0.29, 0.717) is 45.2 Å². The van der Waals surface area contributed by atoms with Crippen molar-refractivity contribution in [2.75, 3.05) is 40.0 Å². The molecule has 2 N–H and O–H groups in total. The molecule has 0 saturated carbocycles. The van der Waals surface area contributed by atoms with Gasteiger partial charge >= 0.3 is 11.6 Å². The second-order valence-corrected chi connectivity index (χ2v) is 11.7. The highest BCUT2D eigenvalue weighted by Gasteiger charge is 2.53. The summed E-state index contributed by atoms with van der Waals surface area (Å²) < 4.78 is 40.6. The molecule has 14 nitrogen and oxygen atoms in total. The van der Waals surface area contributed by atoms with Gasteiger partial charge in [0, 0.05) is 29.4 Å². The van der Waals surface area contributed by atoms with Gasteiger partial charge in [-0.3, -0.25) is 4.79 Å². The minimum Gasteiger partial charge on any atom is -0.502 e. The van der Waals surface area contributed by atoms with Crippen LogP contribution in [0.25, 0.3) is 11.0 Å². The second kappa shape index (κ2) is 11.4. The van der Waals surface area contributed by atoms with Crippen molar-refractivity contribution in [1.29, 1.82) is 0 Å². The van der Waals surface area contributed by atoms with Crippen molar-refractivity contribution in [2.24, 2.45) is 11.8 Å². The minimum atomic E-state index is -0.612. The van der Waals surface area contributed by atoms with E-state index in [1.807, 2.05) is 24.4 Å². The number of phenolic OH excluding ortho intramolecular Hbond substituents is 1. The quantitative estimate of drug-likeness (QED) is 0.182. The van der Waals surface area contributed by atoms with Crippen molar-refractivity contribution in [3.8, 4) is 34.5 Å². The molecule has 3 aromatic carbocycles. The number of nitrogens with zero attached hydrogens (tertiary/aromatic N) is 3. The summed E-state index contributed by atoms with van der Waals surface area (Å²) in [5.74, 6) is 0.216. The van der Waals surface area contributed by atoms with Crippen LogP contribution in [0, 0.1) is 11.8 Å². The number of ether oxygens (including phenoxy) is 6. The summed E-state index contributed by atoms with van der Waals surface area (Å²) >= 11 is 0. The number of carbonyl (C=O) groups excluding carboxylic acids is 1. The lowest BCUT2D eigenvalue weighted by Gasteiger charge is -2.39. The molecule has 1 aliphatic carbocycles. The molecule has 5 aromatic rings. The lowest BCUT2D eigenvalue weighted by molar-refractivity contribution is -0.141. The molecule has 246 valence electrons. The lowest BCUT2D eigenvalue weighted by atomic mass is 9.65. The largest absolute Gasteiger partial charge is 0.502 e. The van der Waals surface area contributed by atoms with Crippen LogP contribution in [0.15, 0.2) is 63.9 Å². The number of hydrogen-bond acceptors (Lipinski definition) is 13. The predicted molar refractivity (Wildman–Crippen MR) is 168 cm³/mol. The molecule has 48 heavy (non-hydrogen) atoms. The molecule has 3 aliphatic rings. The van der Waals surface area contributed by atoms with Crippen LogP contribution in [0.5, 0.6) is 34.5 Å². The number of phenols is 1. The Kier molecular flexibility index (Phi) is 7.00. The Balaban J connectivity index is 1.19. The van der Waals surface area contributed by atoms with E-state index in [9.17, 15) is 14.7 Å². The van der Waals surface area contributed by atoms with E-state index < -0.39 is 23.5 Å². The van der Waals surface area contributed by atoms with E-state index in [0.717, 1.165) is 11.1 Å². The Labute approximate surface area is 272 Å². The maximum Gasteiger partial charge on any atom is 0.338 e. The van der Waals surface area contributed by atoms with Gasteiger partial charge in [0.2, 0.25) is 12.5 Å². The third-order valence-electron chi connectivity index (χ3n) is 9.26. The van der Waals surface area contributed by atoms with Gasteiger partial charge in [0.1, 0.15) is 17.0 Å². The highest BCUT2D eigenvalue weighted by molar-refractivity contribution is 5.90. The van der Waals surface area contributed by atoms with Gasteiger partial charge in [-0.15, -0.1) is 5.10 Å². The summed E-state index contributed by atoms with van der Waals surface area (Å²) in [7, 11) is 4.45. The summed E-state index contributed by atoms with van der Waals surface area (Å²) in [5.41, 5.74) is 3.44. The number of methoxy groups -OCH3 is 3. The van der Waals surface area contributed by atoms with Crippen LogP contribution < -0.4 is 34.6 Å². The van der Waals surface area contributed by atoms with Crippen LogP contribution in [0.1, 0.15) is 34.3 Å². The van der Waals surface area contributed by atoms with Crippen LogP contribution >= 0.6 is 0 Å². The number of fused-ring (bicyclic) bond motifs is 4. The highest BCUT2D eigenvalue weighted by Crippen LogP contribution is 2.56. The van der Waals surface area contributed by atoms with Crippen LogP contribution in [0.3, 0.4) is 0 Å². The van der Waals surface area contributed by atoms with Crippen LogP contribution in [0.2, 0.25) is 0 Å². The molecule has 0 amide bonds. The van der Waals surface area contributed by atoms with E-state index in [2.05, 4.69) is 15.6 Å². The van der Waals surface area contributed by atoms with Crippen molar-refractivity contribution < 1.29 is 42.7 Å². The summed E-state index contributed by atoms with van der Waals surface area (Å²) in [5, 5.41) is 23.6. The molecule has 1 saturated heterocycles. The smallest absolute Gasteiger partial charge is 0.338 e. The average molecular weight is 655 g/mol. The first-order valence-electron chi connectivity index (χ1n) is 15.2. The number of esters is 1. The minimum absolute atomic E-state index is 0.0712. The predicted octanol–water partition coefficient (Wildman–Crippen LogP) is 3.98. The van der Waals surface area contributed by atoms with Crippen molar-refractivity contribution in [3.05, 3.63) is 87.5 Å². The fourth-order valence-electron chi connectivity index (χ4n) is 7.10. The van der Waals surface area contributed by atoms with E-state index in [-0.39, 0.29) is 49.1 Å². The third kappa shape index (κ3) is 4.70. The number of cyclic esters (lactones) is 1. The van der Waals surface area contributed by atoms with Gasteiger partial charge < -0.3 is 43.3 Å². The third-order valence-corrected chi connectivity index (χ3v) is 9.26. The first-order valence-corrected chi connectivity index (χ1v) is 15.2. The maximum absolute atomic E-state index is 13.5. The van der Waals surface area contributed by atoms with Gasteiger partial charge in [-0.05, 0) is 53.1 Å². The molecule has 8 rings (SSSR count). The molecular weight excluding hydrogens is 624 g/mol. The number of rotatable bonds is 8. The van der Waals surface area contributed by atoms with Crippen molar-refractivity contribution in [1.82, 2.24) is 15.0 Å². The van der Waals surface area contributed by atoms with Crippen molar-refractivity contribution in [3.63, 3.8) is 0 Å². The fraction of sp³-hybridized carbons (Fsp3) is 0.294. The number of nitrogens with one attached hydrogen (secondary N) is 1. The van der Waals surface area contributed by atoms with E-state index in [1.54, 1.807) is 36.1 Å². The molecule has 0 unspecified atom stereocenters. The van der Waals surface area contributed by atoms with Gasteiger partial charge in [-0.1, -0.05) is 5.21 Å². The number of hydrogen-bond donors (Lipinski definition) is 2. The second-order valence-electron chi connectivity index (χ2n) is 11.7. The molecule has 4 heterocycles. The zero-order chi connectivity index (χ0) is 33.1. The van der Waals surface area contributed by atoms with Gasteiger partial charge in [0.15, 0.2) is 23.0 Å². The molecule has 14 heteroatoms. The number of carbonyl (C=O) groups is 1. The van der Waals surface area contributed by atoms with Crippen LogP contribution in [-0.4, -0.2) is 60.8 Å². The Morgan fingerprint density at radius 1 is 0.938 bits per heavy atom. The van der Waals surface area contributed by atoms with E-state index >= 15 is 0 Å². The summed E-state index contributed by atoms with van der Waals surface area (Å²) in [6, 6.07) is 13.4. The Hall–Kier alpha value is -5.92. The SMILES string of the molecule is COc1ccc2c(NCc3cn([C@@H]4c5cc6c(cc5[C@@H](c5cc(OC)c(O)c(OC)c5)[C@H]5C(=O)OC[C@@H]54)OCO6)nn3)cc(=O)oc2c1. The normalized spacial score (nSPS) is 20.6. The zero-order valence-corrected chi connectivity index (χ0v) is 26.1. The number of aromatic nitrogens is 3. The summed E-state index contributed by atoms with van der Waals surface area (Å²) in [4.78, 5) is 25.9. The fourth-order valence-corrected chi connectivity index (χ4v) is 7.10. The molecule has 0 bridgehead atoms. The summed E-state index contributed by atoms with van der Waals surface area (Å²) in [6.45, 7) is 0.486. The standard InChI is InChI=1S/C34H30N4O10/c1-42-18-4-5-19-23(11-29(39)48-24(19)8-18)35-12-17-13-38(37-36-17)32-21-10-26-25(46-15-47-26)9-20(21)30(31-22(32)14-45-34(31)41)16-6-27(43-2)33(40)28(7-16)44-3/h4-11,13,22,30-32,35,40H,12,14-15H2,1-3H3/t22-,30+,31-,32+/m0/s1. The van der Waals surface area contributed by atoms with Crippen molar-refractivity contribution in [2.45, 2.75) is 18.5 Å². The first kappa shape index (κ1) is 29.5. The number of aromatic hydroxyl groups is 1. The number of benzene rings is 3. The molecule has 4 atom stereocenters. The van der Waals surface area contributed by atoms with Gasteiger partial charge in [-0.25, -0.2) is 9.48 Å². The van der Waals surface area contributed by atoms with Crippen LogP contribution in [-0.2, 0) is 16.1 Å². The maximum atomic E-state index is 13.5. The number of anilines is 1. The summed E-state index contributed by atoms with van der Waals surface area (Å²) in [6.07, 6.45) is 1.81.